The molecule has 15 heavy (non-hydrogen) atoms. The van der Waals surface area contributed by atoms with Crippen molar-refractivity contribution >= 4 is 0 Å². The molecule has 2 nitrogen and oxygen atoms in total. The molecule has 0 aromatic rings. The van der Waals surface area contributed by atoms with Gasteiger partial charge in [-0.25, -0.2) is 0 Å². The molecule has 0 radical (unpaired) electrons. The molecule has 1 saturated carbocycles. The third-order valence-electron chi connectivity index (χ3n) is 3.43. The minimum atomic E-state index is 0.399. The molecule has 1 unspecified atom stereocenters. The van der Waals surface area contributed by atoms with Crippen LogP contribution < -0.4 is 11.3 Å². The molecule has 0 spiro atoms. The summed E-state index contributed by atoms with van der Waals surface area (Å²) in [7, 11) is 0. The van der Waals surface area contributed by atoms with Crippen LogP contribution >= 0.6 is 0 Å². The van der Waals surface area contributed by atoms with Gasteiger partial charge in [-0.1, -0.05) is 32.1 Å². The number of nitrogens with two attached hydrogens (primary N) is 1. The second-order valence-corrected chi connectivity index (χ2v) is 4.51. The molecule has 0 aromatic carbocycles. The number of hydrogen-bond acceptors (Lipinski definition) is 2. The normalized spacial score (nSPS) is 20.9. The predicted octanol–water partition coefficient (Wildman–Crippen LogP) is 2.59. The molecule has 0 aliphatic heterocycles. The lowest BCUT2D eigenvalue weighted by Crippen LogP contribution is -2.40. The first-order chi connectivity index (χ1) is 7.38. The Labute approximate surface area is 94.0 Å². The zero-order valence-corrected chi connectivity index (χ0v) is 9.89. The maximum Gasteiger partial charge on any atom is 0.0348 e. The highest BCUT2D eigenvalue weighted by Gasteiger charge is 2.19. The van der Waals surface area contributed by atoms with Gasteiger partial charge in [0.15, 0.2) is 0 Å². The maximum absolute atomic E-state index is 5.62. The van der Waals surface area contributed by atoms with E-state index in [0.29, 0.717) is 6.04 Å². The van der Waals surface area contributed by atoms with Crippen LogP contribution in [0.25, 0.3) is 0 Å². The summed E-state index contributed by atoms with van der Waals surface area (Å²) in [5.74, 6) is 12.4. The molecule has 0 aromatic heterocycles. The molecule has 86 valence electrons. The molecule has 1 fully saturated rings. The largest absolute Gasteiger partial charge is 0.271 e. The van der Waals surface area contributed by atoms with Gasteiger partial charge >= 0.3 is 0 Å². The summed E-state index contributed by atoms with van der Waals surface area (Å²) in [6.45, 7) is 1.89. The van der Waals surface area contributed by atoms with Crippen molar-refractivity contribution in [3.8, 4) is 11.8 Å². The van der Waals surface area contributed by atoms with Crippen LogP contribution in [0.2, 0.25) is 0 Å². The summed E-state index contributed by atoms with van der Waals surface area (Å²) in [5.41, 5.74) is 2.95. The molecule has 0 amide bonds. The highest BCUT2D eigenvalue weighted by atomic mass is 15.2. The second kappa shape index (κ2) is 7.73. The van der Waals surface area contributed by atoms with Gasteiger partial charge < -0.3 is 0 Å². The Balaban J connectivity index is 2.42. The predicted molar refractivity (Wildman–Crippen MR) is 65.0 cm³/mol. The highest BCUT2D eigenvalue weighted by molar-refractivity contribution is 4.99. The van der Waals surface area contributed by atoms with Crippen molar-refractivity contribution in [1.82, 2.24) is 5.43 Å². The molecule has 1 rings (SSSR count). The van der Waals surface area contributed by atoms with Crippen molar-refractivity contribution in [3.63, 3.8) is 0 Å². The quantitative estimate of drug-likeness (QED) is 0.425. The molecular weight excluding hydrogens is 184 g/mol. The van der Waals surface area contributed by atoms with E-state index in [1.54, 1.807) is 0 Å². The average molecular weight is 208 g/mol. The van der Waals surface area contributed by atoms with Crippen molar-refractivity contribution in [1.29, 1.82) is 0 Å². The van der Waals surface area contributed by atoms with Crippen LogP contribution in [-0.2, 0) is 0 Å². The summed E-state index contributed by atoms with van der Waals surface area (Å²) in [5, 5.41) is 0. The first-order valence-corrected chi connectivity index (χ1v) is 6.24. The number of hydrazine groups is 1. The second-order valence-electron chi connectivity index (χ2n) is 4.51. The van der Waals surface area contributed by atoms with Gasteiger partial charge in [0, 0.05) is 12.5 Å². The van der Waals surface area contributed by atoms with Gasteiger partial charge in [0.05, 0.1) is 0 Å². The number of hydrogen-bond donors (Lipinski definition) is 2. The molecule has 1 aliphatic carbocycles. The fourth-order valence-corrected chi connectivity index (χ4v) is 2.46. The fourth-order valence-electron chi connectivity index (χ4n) is 2.46. The van der Waals surface area contributed by atoms with E-state index in [9.17, 15) is 0 Å². The summed E-state index contributed by atoms with van der Waals surface area (Å²) in [4.78, 5) is 0. The topological polar surface area (TPSA) is 38.0 Å². The van der Waals surface area contributed by atoms with E-state index in [2.05, 4.69) is 17.3 Å². The third kappa shape index (κ3) is 4.68. The Morgan fingerprint density at radius 3 is 2.33 bits per heavy atom. The van der Waals surface area contributed by atoms with Gasteiger partial charge in [-0.05, 0) is 25.7 Å². The van der Waals surface area contributed by atoms with Crippen LogP contribution in [-0.4, -0.2) is 6.04 Å². The first-order valence-electron chi connectivity index (χ1n) is 6.24. The number of nitrogens with one attached hydrogen (secondary N) is 1. The summed E-state index contributed by atoms with van der Waals surface area (Å²) >= 11 is 0. The molecular formula is C13H24N2. The van der Waals surface area contributed by atoms with Gasteiger partial charge in [0.2, 0.25) is 0 Å². The van der Waals surface area contributed by atoms with Crippen molar-refractivity contribution < 1.29 is 0 Å². The first kappa shape index (κ1) is 12.5. The van der Waals surface area contributed by atoms with Gasteiger partial charge in [-0.15, -0.1) is 11.8 Å². The lowest BCUT2D eigenvalue weighted by Gasteiger charge is -2.26. The summed E-state index contributed by atoms with van der Waals surface area (Å²) in [6, 6.07) is 0.399. The van der Waals surface area contributed by atoms with E-state index in [1.807, 2.05) is 6.92 Å². The summed E-state index contributed by atoms with van der Waals surface area (Å²) < 4.78 is 0. The molecule has 2 heteroatoms. The standard InChI is InChI=1S/C13H24N2/c1-2-3-11-13(15-14)12-9-7-5-4-6-8-10-12/h12-13,15H,4-11,14H2,1H3. The molecule has 0 bridgehead atoms. The molecule has 0 saturated heterocycles. The Morgan fingerprint density at radius 2 is 1.80 bits per heavy atom. The number of rotatable bonds is 3. The molecule has 1 aliphatic rings. The van der Waals surface area contributed by atoms with Crippen molar-refractivity contribution in [2.75, 3.05) is 0 Å². The molecule has 0 heterocycles. The molecule has 1 atom stereocenters. The highest BCUT2D eigenvalue weighted by Crippen LogP contribution is 2.25. The van der Waals surface area contributed by atoms with Crippen LogP contribution in [0.1, 0.15) is 58.3 Å². The van der Waals surface area contributed by atoms with E-state index >= 15 is 0 Å². The monoisotopic (exact) mass is 208 g/mol. The lowest BCUT2D eigenvalue weighted by atomic mass is 9.85. The van der Waals surface area contributed by atoms with Crippen LogP contribution in [0.5, 0.6) is 0 Å². The third-order valence-corrected chi connectivity index (χ3v) is 3.43. The van der Waals surface area contributed by atoms with Crippen molar-refractivity contribution in [2.24, 2.45) is 11.8 Å². The Bertz CT molecular complexity index is 206. The van der Waals surface area contributed by atoms with Gasteiger partial charge in [0.1, 0.15) is 0 Å². The Hall–Kier alpha value is -0.520. The summed E-state index contributed by atoms with van der Waals surface area (Å²) in [6.07, 6.45) is 10.5. The van der Waals surface area contributed by atoms with E-state index in [-0.39, 0.29) is 0 Å². The lowest BCUT2D eigenvalue weighted by molar-refractivity contribution is 0.289. The smallest absolute Gasteiger partial charge is 0.0348 e. The fraction of sp³-hybridized carbons (Fsp3) is 0.846. The minimum Gasteiger partial charge on any atom is -0.271 e. The van der Waals surface area contributed by atoms with Crippen LogP contribution in [0, 0.1) is 17.8 Å². The van der Waals surface area contributed by atoms with Crippen LogP contribution in [0.3, 0.4) is 0 Å². The van der Waals surface area contributed by atoms with Crippen molar-refractivity contribution in [3.05, 3.63) is 0 Å². The van der Waals surface area contributed by atoms with Crippen LogP contribution in [0.15, 0.2) is 0 Å². The van der Waals surface area contributed by atoms with E-state index in [4.69, 9.17) is 5.84 Å². The van der Waals surface area contributed by atoms with Gasteiger partial charge in [-0.2, -0.15) is 0 Å². The molecule has 3 N–H and O–H groups in total. The van der Waals surface area contributed by atoms with E-state index in [0.717, 1.165) is 12.3 Å². The maximum atomic E-state index is 5.62. The van der Waals surface area contributed by atoms with E-state index in [1.165, 1.54) is 44.9 Å². The van der Waals surface area contributed by atoms with E-state index < -0.39 is 0 Å². The Kier molecular flexibility index (Phi) is 6.47. The average Bonchev–Trinajstić information content (AvgIpc) is 2.21. The van der Waals surface area contributed by atoms with Gasteiger partial charge in [0.25, 0.3) is 0 Å². The van der Waals surface area contributed by atoms with Gasteiger partial charge in [-0.3, -0.25) is 11.3 Å². The zero-order chi connectivity index (χ0) is 10.9. The van der Waals surface area contributed by atoms with Crippen LogP contribution in [0.4, 0.5) is 0 Å². The zero-order valence-electron chi connectivity index (χ0n) is 9.89. The van der Waals surface area contributed by atoms with Crippen molar-refractivity contribution in [2.45, 2.75) is 64.3 Å². The Morgan fingerprint density at radius 1 is 1.20 bits per heavy atom. The SMILES string of the molecule is CC#CCC(NN)C1CCCCCCC1. The minimum absolute atomic E-state index is 0.399.